The number of amides is 1. The minimum absolute atomic E-state index is 0.147. The lowest BCUT2D eigenvalue weighted by Crippen LogP contribution is -2.16. The number of hydrogen-bond acceptors (Lipinski definition) is 5. The van der Waals surface area contributed by atoms with Gasteiger partial charge in [0.15, 0.2) is 5.75 Å². The van der Waals surface area contributed by atoms with E-state index in [4.69, 9.17) is 4.74 Å². The van der Waals surface area contributed by atoms with E-state index in [1.54, 1.807) is 14.1 Å². The van der Waals surface area contributed by atoms with Crippen LogP contribution in [0.5, 0.6) is 5.75 Å². The van der Waals surface area contributed by atoms with Crippen molar-refractivity contribution in [1.82, 2.24) is 4.90 Å². The highest BCUT2D eigenvalue weighted by atomic mass is 79.9. The summed E-state index contributed by atoms with van der Waals surface area (Å²) in [6, 6.07) is 2.79. The van der Waals surface area contributed by atoms with Crippen LogP contribution in [0.25, 0.3) is 0 Å². The zero-order valence-corrected chi connectivity index (χ0v) is 12.4. The molecule has 0 bridgehead atoms. The van der Waals surface area contributed by atoms with E-state index < -0.39 is 4.92 Å². The SMILES string of the molecule is COc1cc(Br)c(SC(=O)N(C)C)cc1[N+](=O)[O-]. The molecule has 0 saturated carbocycles. The first kappa shape index (κ1) is 14.8. The Balaban J connectivity index is 3.17. The number of nitro benzene ring substituents is 1. The maximum absolute atomic E-state index is 11.6. The van der Waals surface area contributed by atoms with E-state index in [0.717, 1.165) is 11.8 Å². The predicted molar refractivity (Wildman–Crippen MR) is 72.3 cm³/mol. The number of thioether (sulfide) groups is 1. The summed E-state index contributed by atoms with van der Waals surface area (Å²) in [6.07, 6.45) is 0. The molecule has 0 heterocycles. The summed E-state index contributed by atoms with van der Waals surface area (Å²) in [4.78, 5) is 23.8. The van der Waals surface area contributed by atoms with Crippen LogP contribution in [0.1, 0.15) is 0 Å². The van der Waals surface area contributed by atoms with Gasteiger partial charge in [0.2, 0.25) is 0 Å². The molecule has 0 aromatic heterocycles. The minimum atomic E-state index is -0.546. The Kier molecular flexibility index (Phi) is 4.97. The molecule has 0 N–H and O–H groups in total. The van der Waals surface area contributed by atoms with Gasteiger partial charge in [-0.05, 0) is 27.7 Å². The third-order valence-electron chi connectivity index (χ3n) is 1.99. The number of methoxy groups -OCH3 is 1. The quantitative estimate of drug-likeness (QED) is 0.482. The van der Waals surface area contributed by atoms with E-state index in [1.165, 1.54) is 24.1 Å². The lowest BCUT2D eigenvalue weighted by molar-refractivity contribution is -0.386. The fraction of sp³-hybridized carbons (Fsp3) is 0.300. The molecule has 1 amide bonds. The number of nitro groups is 1. The topological polar surface area (TPSA) is 72.7 Å². The van der Waals surface area contributed by atoms with Crippen LogP contribution in [-0.2, 0) is 0 Å². The van der Waals surface area contributed by atoms with E-state index in [-0.39, 0.29) is 16.7 Å². The van der Waals surface area contributed by atoms with Gasteiger partial charge in [0.05, 0.1) is 12.0 Å². The second kappa shape index (κ2) is 6.05. The van der Waals surface area contributed by atoms with Crippen molar-refractivity contribution in [2.75, 3.05) is 21.2 Å². The van der Waals surface area contributed by atoms with Crippen molar-refractivity contribution in [2.24, 2.45) is 0 Å². The normalized spacial score (nSPS) is 10.0. The highest BCUT2D eigenvalue weighted by Crippen LogP contribution is 2.38. The monoisotopic (exact) mass is 334 g/mol. The van der Waals surface area contributed by atoms with Crippen LogP contribution in [0.15, 0.2) is 21.5 Å². The Bertz CT molecular complexity index is 493. The molecule has 98 valence electrons. The van der Waals surface area contributed by atoms with Crippen LogP contribution in [0.4, 0.5) is 10.5 Å². The van der Waals surface area contributed by atoms with Gasteiger partial charge in [-0.1, -0.05) is 0 Å². The lowest BCUT2D eigenvalue weighted by Gasteiger charge is -2.11. The summed E-state index contributed by atoms with van der Waals surface area (Å²) in [5.74, 6) is 0.147. The molecule has 1 aromatic carbocycles. The summed E-state index contributed by atoms with van der Waals surface area (Å²) >= 11 is 4.16. The maximum atomic E-state index is 11.6. The van der Waals surface area contributed by atoms with Gasteiger partial charge in [0, 0.05) is 35.6 Å². The first-order chi connectivity index (χ1) is 8.36. The van der Waals surface area contributed by atoms with Crippen LogP contribution in [0.2, 0.25) is 0 Å². The van der Waals surface area contributed by atoms with Crippen molar-refractivity contribution < 1.29 is 14.5 Å². The molecule has 0 radical (unpaired) electrons. The second-order valence-corrected chi connectivity index (χ2v) is 5.32. The standard InChI is InChI=1S/C10H11BrN2O4S/c1-12(2)10(14)18-9-5-7(13(15)16)8(17-3)4-6(9)11/h4-5H,1-3H3. The average Bonchev–Trinajstić information content (AvgIpc) is 2.30. The van der Waals surface area contributed by atoms with Crippen LogP contribution in [-0.4, -0.2) is 36.3 Å². The molecule has 8 heteroatoms. The summed E-state index contributed by atoms with van der Waals surface area (Å²) in [5, 5.41) is 10.7. The molecule has 18 heavy (non-hydrogen) atoms. The Hall–Kier alpha value is -1.28. The van der Waals surface area contributed by atoms with Crippen LogP contribution in [0, 0.1) is 10.1 Å². The van der Waals surface area contributed by atoms with E-state index >= 15 is 0 Å². The highest BCUT2D eigenvalue weighted by molar-refractivity contribution is 9.10. The summed E-state index contributed by atoms with van der Waals surface area (Å²) in [5.41, 5.74) is -0.172. The number of benzene rings is 1. The molecule has 6 nitrogen and oxygen atoms in total. The third-order valence-corrected chi connectivity index (χ3v) is 4.01. The number of rotatable bonds is 3. The summed E-state index contributed by atoms with van der Waals surface area (Å²) in [6.45, 7) is 0. The van der Waals surface area contributed by atoms with Gasteiger partial charge in [-0.15, -0.1) is 0 Å². The molecule has 0 fully saturated rings. The van der Waals surface area contributed by atoms with Gasteiger partial charge in [0.1, 0.15) is 0 Å². The number of ether oxygens (including phenoxy) is 1. The Morgan fingerprint density at radius 1 is 1.50 bits per heavy atom. The van der Waals surface area contributed by atoms with E-state index in [2.05, 4.69) is 15.9 Å². The van der Waals surface area contributed by atoms with Crippen molar-refractivity contribution in [3.8, 4) is 5.75 Å². The third kappa shape index (κ3) is 3.36. The first-order valence-electron chi connectivity index (χ1n) is 4.78. The lowest BCUT2D eigenvalue weighted by atomic mass is 10.3. The highest BCUT2D eigenvalue weighted by Gasteiger charge is 2.20. The van der Waals surface area contributed by atoms with E-state index in [1.807, 2.05) is 0 Å². The molecule has 0 aliphatic heterocycles. The molecule has 1 rings (SSSR count). The Morgan fingerprint density at radius 3 is 2.56 bits per heavy atom. The van der Waals surface area contributed by atoms with Crippen molar-refractivity contribution in [3.63, 3.8) is 0 Å². The van der Waals surface area contributed by atoms with Gasteiger partial charge in [-0.3, -0.25) is 14.9 Å². The molecule has 0 aliphatic rings. The van der Waals surface area contributed by atoms with E-state index in [0.29, 0.717) is 9.37 Å². The number of hydrogen-bond donors (Lipinski definition) is 0. The summed E-state index contributed by atoms with van der Waals surface area (Å²) < 4.78 is 5.49. The number of carbonyl (C=O) groups excluding carboxylic acids is 1. The van der Waals surface area contributed by atoms with Crippen LogP contribution >= 0.6 is 27.7 Å². The average molecular weight is 335 g/mol. The summed E-state index contributed by atoms with van der Waals surface area (Å²) in [7, 11) is 4.58. The number of nitrogens with zero attached hydrogens (tertiary/aromatic N) is 2. The van der Waals surface area contributed by atoms with Gasteiger partial charge >= 0.3 is 5.69 Å². The zero-order chi connectivity index (χ0) is 13.9. The van der Waals surface area contributed by atoms with Gasteiger partial charge < -0.3 is 9.64 Å². The van der Waals surface area contributed by atoms with Crippen molar-refractivity contribution in [1.29, 1.82) is 0 Å². The Labute approximate surface area is 117 Å². The Morgan fingerprint density at radius 2 is 2.11 bits per heavy atom. The van der Waals surface area contributed by atoms with Gasteiger partial charge in [-0.25, -0.2) is 0 Å². The van der Waals surface area contributed by atoms with Crippen LogP contribution in [0.3, 0.4) is 0 Å². The maximum Gasteiger partial charge on any atom is 0.312 e. The first-order valence-corrected chi connectivity index (χ1v) is 6.38. The molecule has 1 aromatic rings. The van der Waals surface area contributed by atoms with E-state index in [9.17, 15) is 14.9 Å². The van der Waals surface area contributed by atoms with Gasteiger partial charge in [0.25, 0.3) is 5.24 Å². The zero-order valence-electron chi connectivity index (χ0n) is 9.97. The molecular formula is C10H11BrN2O4S. The molecule has 0 aliphatic carbocycles. The van der Waals surface area contributed by atoms with Crippen LogP contribution < -0.4 is 4.74 Å². The molecule has 0 atom stereocenters. The molecule has 0 spiro atoms. The number of carbonyl (C=O) groups is 1. The smallest absolute Gasteiger partial charge is 0.312 e. The molecular weight excluding hydrogens is 324 g/mol. The molecule has 0 saturated heterocycles. The predicted octanol–water partition coefficient (Wildman–Crippen LogP) is 3.14. The second-order valence-electron chi connectivity index (χ2n) is 3.47. The van der Waals surface area contributed by atoms with Crippen molar-refractivity contribution >= 4 is 38.6 Å². The van der Waals surface area contributed by atoms with Crippen molar-refractivity contribution in [3.05, 3.63) is 26.7 Å². The fourth-order valence-electron chi connectivity index (χ4n) is 1.09. The minimum Gasteiger partial charge on any atom is -0.490 e. The largest absolute Gasteiger partial charge is 0.490 e. The van der Waals surface area contributed by atoms with Crippen molar-refractivity contribution in [2.45, 2.75) is 4.90 Å². The molecule has 0 unspecified atom stereocenters. The van der Waals surface area contributed by atoms with Gasteiger partial charge in [-0.2, -0.15) is 0 Å². The number of halogens is 1. The fourth-order valence-corrected chi connectivity index (χ4v) is 2.36.